The van der Waals surface area contributed by atoms with E-state index in [0.29, 0.717) is 5.75 Å². The van der Waals surface area contributed by atoms with E-state index in [4.69, 9.17) is 10.5 Å². The lowest BCUT2D eigenvalue weighted by atomic mass is 9.83. The molecule has 1 heterocycles. The summed E-state index contributed by atoms with van der Waals surface area (Å²) < 4.78 is 49.3. The lowest BCUT2D eigenvalue weighted by Gasteiger charge is -2.27. The largest absolute Gasteiger partial charge is 0.496 e. The maximum Gasteiger partial charge on any atom is 0.491 e. The fourth-order valence-electron chi connectivity index (χ4n) is 4.41. The van der Waals surface area contributed by atoms with Gasteiger partial charge in [-0.2, -0.15) is 13.2 Å². The third kappa shape index (κ3) is 4.87. The van der Waals surface area contributed by atoms with Crippen LogP contribution in [0.15, 0.2) is 77.8 Å². The van der Waals surface area contributed by atoms with Crippen molar-refractivity contribution in [2.75, 3.05) is 14.2 Å². The molecule has 0 aromatic heterocycles. The van der Waals surface area contributed by atoms with Gasteiger partial charge in [0.25, 0.3) is 5.91 Å². The number of rotatable bonds is 7. The number of likely N-dealkylation sites (N-methyl/N-ethyl adjacent to an activating group) is 1. The number of nitrogens with two attached hydrogens (primary N) is 1. The van der Waals surface area contributed by atoms with Crippen LogP contribution >= 0.6 is 0 Å². The van der Waals surface area contributed by atoms with Crippen molar-refractivity contribution in [3.8, 4) is 22.6 Å². The highest BCUT2D eigenvalue weighted by atomic mass is 19.4. The summed E-state index contributed by atoms with van der Waals surface area (Å²) >= 11 is 0. The van der Waals surface area contributed by atoms with Crippen LogP contribution in [-0.2, 0) is 21.5 Å². The van der Waals surface area contributed by atoms with Gasteiger partial charge in [-0.1, -0.05) is 66.7 Å². The second kappa shape index (κ2) is 9.96. The van der Waals surface area contributed by atoms with Crippen LogP contribution < -0.4 is 15.2 Å². The van der Waals surface area contributed by atoms with E-state index < -0.39 is 29.3 Å². The molecule has 0 bridgehead atoms. The first-order valence-electron chi connectivity index (χ1n) is 11.3. The molecule has 4 rings (SSSR count). The zero-order chi connectivity index (χ0) is 26.8. The van der Waals surface area contributed by atoms with Gasteiger partial charge in [-0.15, -0.1) is 0 Å². The smallest absolute Gasteiger partial charge is 0.491 e. The molecule has 3 aromatic carbocycles. The molecular weight excluding hydrogens is 487 g/mol. The maximum atomic E-state index is 13.5. The zero-order valence-electron chi connectivity index (χ0n) is 20.1. The third-order valence-corrected chi connectivity index (χ3v) is 6.22. The fourth-order valence-corrected chi connectivity index (χ4v) is 4.41. The minimum absolute atomic E-state index is 0.00285. The second-order valence-corrected chi connectivity index (χ2v) is 8.44. The van der Waals surface area contributed by atoms with E-state index in [1.807, 2.05) is 48.5 Å². The van der Waals surface area contributed by atoms with Crippen molar-refractivity contribution in [3.05, 3.63) is 83.9 Å². The molecular formula is C27H24F3N3O4. The number of ether oxygens (including phenoxy) is 2. The summed E-state index contributed by atoms with van der Waals surface area (Å²) in [5.74, 6) is -2.89. The van der Waals surface area contributed by atoms with Crippen molar-refractivity contribution < 1.29 is 32.2 Å². The lowest BCUT2D eigenvalue weighted by molar-refractivity contribution is -0.189. The Balaban J connectivity index is 1.76. The Bertz CT molecular complexity index is 1360. The number of guanidine groups is 1. The highest BCUT2D eigenvalue weighted by molar-refractivity contribution is 6.07. The minimum Gasteiger partial charge on any atom is -0.496 e. The molecule has 192 valence electrons. The quantitative estimate of drug-likeness (QED) is 0.374. The van der Waals surface area contributed by atoms with Crippen LogP contribution in [0.4, 0.5) is 13.2 Å². The number of para-hydroxylation sites is 2. The predicted octanol–water partition coefficient (Wildman–Crippen LogP) is 4.44. The number of esters is 1. The Morgan fingerprint density at radius 1 is 1.03 bits per heavy atom. The van der Waals surface area contributed by atoms with Gasteiger partial charge in [0.15, 0.2) is 11.5 Å². The van der Waals surface area contributed by atoms with E-state index >= 15 is 0 Å². The van der Waals surface area contributed by atoms with Crippen molar-refractivity contribution in [2.45, 2.75) is 24.6 Å². The Labute approximate surface area is 211 Å². The number of hydrogen-bond acceptors (Lipinski definition) is 6. The van der Waals surface area contributed by atoms with Crippen LogP contribution in [0.2, 0.25) is 0 Å². The molecule has 1 unspecified atom stereocenters. The van der Waals surface area contributed by atoms with Crippen LogP contribution in [0.1, 0.15) is 17.5 Å². The molecule has 0 saturated heterocycles. The second-order valence-electron chi connectivity index (χ2n) is 8.44. The maximum absolute atomic E-state index is 13.5. The number of carbonyl (C=O) groups is 2. The first kappa shape index (κ1) is 25.7. The van der Waals surface area contributed by atoms with Gasteiger partial charge in [-0.3, -0.25) is 9.69 Å². The van der Waals surface area contributed by atoms with Gasteiger partial charge in [-0.25, -0.2) is 9.79 Å². The minimum atomic E-state index is -5.22. The average Bonchev–Trinajstić information content (AvgIpc) is 3.11. The molecule has 1 amide bonds. The molecule has 2 N–H and O–H groups in total. The average molecular weight is 512 g/mol. The molecule has 1 aliphatic rings. The number of aryl methyl sites for hydroxylation is 1. The number of nitrogens with zero attached hydrogens (tertiary/aromatic N) is 2. The molecule has 3 aromatic rings. The van der Waals surface area contributed by atoms with Gasteiger partial charge in [0.05, 0.1) is 7.11 Å². The van der Waals surface area contributed by atoms with Crippen molar-refractivity contribution in [1.82, 2.24) is 4.90 Å². The molecule has 0 spiro atoms. The highest BCUT2D eigenvalue weighted by Gasteiger charge is 2.50. The van der Waals surface area contributed by atoms with E-state index in [9.17, 15) is 22.8 Å². The summed E-state index contributed by atoms with van der Waals surface area (Å²) in [4.78, 5) is 30.6. The number of amides is 1. The highest BCUT2D eigenvalue weighted by Crippen LogP contribution is 2.43. The summed E-state index contributed by atoms with van der Waals surface area (Å²) in [6.45, 7) is 0. The molecule has 37 heavy (non-hydrogen) atoms. The summed E-state index contributed by atoms with van der Waals surface area (Å²) in [5.41, 5.74) is 6.78. The summed E-state index contributed by atoms with van der Waals surface area (Å²) in [7, 11) is 2.96. The van der Waals surface area contributed by atoms with E-state index in [1.54, 1.807) is 0 Å². The molecule has 0 radical (unpaired) electrons. The Kier molecular flexibility index (Phi) is 6.93. The Hall–Kier alpha value is -4.34. The van der Waals surface area contributed by atoms with Crippen LogP contribution in [0.3, 0.4) is 0 Å². The first-order valence-corrected chi connectivity index (χ1v) is 11.3. The van der Waals surface area contributed by atoms with Gasteiger partial charge in [0, 0.05) is 18.2 Å². The number of hydrogen-bond donors (Lipinski definition) is 1. The van der Waals surface area contributed by atoms with Crippen molar-refractivity contribution >= 4 is 17.8 Å². The Morgan fingerprint density at radius 2 is 1.70 bits per heavy atom. The van der Waals surface area contributed by atoms with Crippen molar-refractivity contribution in [1.29, 1.82) is 0 Å². The number of halogens is 3. The predicted molar refractivity (Wildman–Crippen MR) is 131 cm³/mol. The summed E-state index contributed by atoms with van der Waals surface area (Å²) in [6.07, 6.45) is -4.95. The number of methoxy groups -OCH3 is 1. The lowest BCUT2D eigenvalue weighted by Crippen LogP contribution is -2.41. The van der Waals surface area contributed by atoms with Gasteiger partial charge < -0.3 is 15.2 Å². The van der Waals surface area contributed by atoms with E-state index in [2.05, 4.69) is 9.73 Å². The Morgan fingerprint density at radius 3 is 2.32 bits per heavy atom. The van der Waals surface area contributed by atoms with Crippen LogP contribution in [0, 0.1) is 0 Å². The van der Waals surface area contributed by atoms with Crippen LogP contribution in [0.25, 0.3) is 11.1 Å². The van der Waals surface area contributed by atoms with Gasteiger partial charge in [0.1, 0.15) is 11.5 Å². The fraction of sp³-hybridized carbons (Fsp3) is 0.222. The van der Waals surface area contributed by atoms with Gasteiger partial charge >= 0.3 is 12.1 Å². The molecule has 0 saturated carbocycles. The van der Waals surface area contributed by atoms with E-state index in [0.717, 1.165) is 21.6 Å². The summed E-state index contributed by atoms with van der Waals surface area (Å²) in [6, 6.07) is 20.7. The van der Waals surface area contributed by atoms with Crippen LogP contribution in [-0.4, -0.2) is 43.1 Å². The zero-order valence-corrected chi connectivity index (χ0v) is 20.1. The first-order chi connectivity index (χ1) is 17.6. The SMILES string of the molecule is COc1c(CCC2(c3ccccc3OC(=O)C(F)(F)F)N=C(N)N(C)C2=O)cccc1-c1ccccc1. The third-order valence-electron chi connectivity index (χ3n) is 6.22. The number of aliphatic imine (C=N–C) groups is 1. The van der Waals surface area contributed by atoms with E-state index in [1.165, 1.54) is 38.4 Å². The standard InChI is InChI=1S/C27H24F3N3O4/c1-33-23(34)26(32-25(33)31,20-13-6-7-14-21(20)37-24(35)27(28,29)30)16-15-18-11-8-12-19(22(18)36-2)17-9-4-3-5-10-17/h3-14H,15-16H2,1-2H3,(H2,31,32). The molecule has 7 nitrogen and oxygen atoms in total. The molecule has 1 aliphatic heterocycles. The van der Waals surface area contributed by atoms with Crippen molar-refractivity contribution in [3.63, 3.8) is 0 Å². The number of carbonyl (C=O) groups excluding carboxylic acids is 2. The van der Waals surface area contributed by atoms with E-state index in [-0.39, 0.29) is 24.4 Å². The van der Waals surface area contributed by atoms with Crippen LogP contribution in [0.5, 0.6) is 11.5 Å². The molecule has 1 atom stereocenters. The normalized spacial score (nSPS) is 17.5. The summed E-state index contributed by atoms with van der Waals surface area (Å²) in [5, 5.41) is 0. The monoisotopic (exact) mass is 511 g/mol. The molecule has 0 aliphatic carbocycles. The van der Waals surface area contributed by atoms with Gasteiger partial charge in [0.2, 0.25) is 0 Å². The molecule has 0 fully saturated rings. The number of benzene rings is 3. The van der Waals surface area contributed by atoms with Crippen molar-refractivity contribution in [2.24, 2.45) is 10.7 Å². The topological polar surface area (TPSA) is 94.2 Å². The van der Waals surface area contributed by atoms with Gasteiger partial charge in [-0.05, 0) is 30.0 Å². The number of alkyl halides is 3. The molecule has 10 heteroatoms.